The number of rotatable bonds is 7. The predicted octanol–water partition coefficient (Wildman–Crippen LogP) is 1.72. The summed E-state index contributed by atoms with van der Waals surface area (Å²) in [5.41, 5.74) is 1.08. The first-order chi connectivity index (χ1) is 9.54. The van der Waals surface area contributed by atoms with E-state index in [2.05, 4.69) is 16.8 Å². The van der Waals surface area contributed by atoms with Crippen molar-refractivity contribution in [2.45, 2.75) is 56.1 Å². The number of hydrogen-bond acceptors (Lipinski definition) is 3. The van der Waals surface area contributed by atoms with Gasteiger partial charge in [0.15, 0.2) is 0 Å². The van der Waals surface area contributed by atoms with Gasteiger partial charge < -0.3 is 9.88 Å². The predicted molar refractivity (Wildman–Crippen MR) is 78.1 cm³/mol. The maximum atomic E-state index is 12.6. The van der Waals surface area contributed by atoms with Crippen LogP contribution in [-0.4, -0.2) is 36.9 Å². The minimum absolute atomic E-state index is 0.210. The molecule has 1 heterocycles. The average Bonchev–Trinajstić information content (AvgIpc) is 3.32. The zero-order chi connectivity index (χ0) is 14.3. The highest BCUT2D eigenvalue weighted by Gasteiger charge is 2.36. The van der Waals surface area contributed by atoms with Gasteiger partial charge in [-0.25, -0.2) is 8.42 Å². The molecule has 20 heavy (non-hydrogen) atoms. The second kappa shape index (κ2) is 5.16. The highest BCUT2D eigenvalue weighted by atomic mass is 32.2. The Morgan fingerprint density at radius 3 is 2.60 bits per heavy atom. The molecule has 1 aromatic heterocycles. The van der Waals surface area contributed by atoms with Gasteiger partial charge >= 0.3 is 0 Å². The van der Waals surface area contributed by atoms with Crippen molar-refractivity contribution in [3.05, 3.63) is 18.0 Å². The maximum Gasteiger partial charge on any atom is 0.244 e. The van der Waals surface area contributed by atoms with E-state index in [0.29, 0.717) is 10.9 Å². The molecule has 0 aliphatic heterocycles. The summed E-state index contributed by atoms with van der Waals surface area (Å²) >= 11 is 0. The molecule has 0 saturated heterocycles. The third-order valence-electron chi connectivity index (χ3n) is 4.14. The number of sulfonamides is 1. The molecule has 0 amide bonds. The van der Waals surface area contributed by atoms with Crippen LogP contribution in [0.4, 0.5) is 0 Å². The second-order valence-corrected chi connectivity index (χ2v) is 7.84. The lowest BCUT2D eigenvalue weighted by Crippen LogP contribution is -2.28. The molecular formula is C14H23N3O2S. The standard InChI is InChI=1S/C14H23N3O2S/c1-3-15-9-13-8-14(10-17(13)12-6-7-12)20(18,19)16(2)11-4-5-11/h8,10-12,15H,3-7,9H2,1-2H3. The van der Waals surface area contributed by atoms with E-state index in [1.54, 1.807) is 7.05 Å². The Morgan fingerprint density at radius 1 is 1.35 bits per heavy atom. The van der Waals surface area contributed by atoms with Crippen molar-refractivity contribution in [1.82, 2.24) is 14.2 Å². The summed E-state index contributed by atoms with van der Waals surface area (Å²) < 4.78 is 28.9. The van der Waals surface area contributed by atoms with Crippen LogP contribution < -0.4 is 5.32 Å². The molecule has 2 aliphatic rings. The van der Waals surface area contributed by atoms with Gasteiger partial charge in [-0.3, -0.25) is 0 Å². The van der Waals surface area contributed by atoms with Crippen LogP contribution in [0.25, 0.3) is 0 Å². The number of nitrogens with zero attached hydrogens (tertiary/aromatic N) is 2. The molecule has 0 radical (unpaired) electrons. The van der Waals surface area contributed by atoms with Gasteiger partial charge in [0.05, 0.1) is 0 Å². The van der Waals surface area contributed by atoms with Crippen LogP contribution in [0.2, 0.25) is 0 Å². The van der Waals surface area contributed by atoms with Crippen LogP contribution in [-0.2, 0) is 16.6 Å². The number of aromatic nitrogens is 1. The van der Waals surface area contributed by atoms with E-state index in [0.717, 1.165) is 44.5 Å². The third-order valence-corrected chi connectivity index (χ3v) is 6.02. The summed E-state index contributed by atoms with van der Waals surface area (Å²) in [4.78, 5) is 0.451. The molecule has 0 atom stereocenters. The molecule has 0 aromatic carbocycles. The largest absolute Gasteiger partial charge is 0.346 e. The van der Waals surface area contributed by atoms with E-state index in [1.165, 1.54) is 4.31 Å². The Bertz CT molecular complexity index is 586. The fourth-order valence-corrected chi connectivity index (χ4v) is 3.99. The Labute approximate surface area is 121 Å². The van der Waals surface area contributed by atoms with Crippen molar-refractivity contribution in [2.24, 2.45) is 0 Å². The Hall–Kier alpha value is -0.850. The minimum atomic E-state index is -3.32. The van der Waals surface area contributed by atoms with Crippen LogP contribution in [0.3, 0.4) is 0 Å². The number of nitrogens with one attached hydrogen (secondary N) is 1. The SMILES string of the molecule is CCNCc1cc(S(=O)(=O)N(C)C2CC2)cn1C1CC1. The Morgan fingerprint density at radius 2 is 2.05 bits per heavy atom. The topological polar surface area (TPSA) is 54.3 Å². The van der Waals surface area contributed by atoms with Crippen LogP contribution in [0, 0.1) is 0 Å². The van der Waals surface area contributed by atoms with Gasteiger partial charge in [0.1, 0.15) is 4.90 Å². The highest BCUT2D eigenvalue weighted by Crippen LogP contribution is 2.38. The normalized spacial score (nSPS) is 19.8. The maximum absolute atomic E-state index is 12.6. The highest BCUT2D eigenvalue weighted by molar-refractivity contribution is 7.89. The minimum Gasteiger partial charge on any atom is -0.346 e. The van der Waals surface area contributed by atoms with Crippen molar-refractivity contribution >= 4 is 10.0 Å². The van der Waals surface area contributed by atoms with E-state index in [-0.39, 0.29) is 6.04 Å². The fraction of sp³-hybridized carbons (Fsp3) is 0.714. The summed E-state index contributed by atoms with van der Waals surface area (Å²) in [7, 11) is -1.62. The summed E-state index contributed by atoms with van der Waals surface area (Å²) in [5, 5.41) is 3.29. The number of hydrogen-bond donors (Lipinski definition) is 1. The average molecular weight is 297 g/mol. The molecule has 2 aliphatic carbocycles. The second-order valence-electron chi connectivity index (χ2n) is 5.84. The quantitative estimate of drug-likeness (QED) is 0.833. The molecule has 6 heteroatoms. The lowest BCUT2D eigenvalue weighted by Gasteiger charge is -2.14. The summed E-state index contributed by atoms with van der Waals surface area (Å²) in [5.74, 6) is 0. The van der Waals surface area contributed by atoms with E-state index in [1.807, 2.05) is 12.3 Å². The van der Waals surface area contributed by atoms with Gasteiger partial charge in [-0.2, -0.15) is 4.31 Å². The zero-order valence-electron chi connectivity index (χ0n) is 12.2. The van der Waals surface area contributed by atoms with Crippen molar-refractivity contribution in [1.29, 1.82) is 0 Å². The van der Waals surface area contributed by atoms with Crippen LogP contribution in [0.15, 0.2) is 17.2 Å². The first-order valence-electron chi connectivity index (χ1n) is 7.43. The Kier molecular flexibility index (Phi) is 3.64. The van der Waals surface area contributed by atoms with Crippen LogP contribution >= 0.6 is 0 Å². The first kappa shape index (κ1) is 14.1. The first-order valence-corrected chi connectivity index (χ1v) is 8.87. The zero-order valence-corrected chi connectivity index (χ0v) is 13.0. The van der Waals surface area contributed by atoms with E-state index in [4.69, 9.17) is 0 Å². The molecule has 1 N–H and O–H groups in total. The molecule has 3 rings (SSSR count). The van der Waals surface area contributed by atoms with Gasteiger partial charge in [0.25, 0.3) is 0 Å². The molecule has 5 nitrogen and oxygen atoms in total. The monoisotopic (exact) mass is 297 g/mol. The lowest BCUT2D eigenvalue weighted by atomic mass is 10.4. The molecule has 0 unspecified atom stereocenters. The van der Waals surface area contributed by atoms with Gasteiger partial charge in [-0.05, 0) is 38.3 Å². The molecule has 0 bridgehead atoms. The smallest absolute Gasteiger partial charge is 0.244 e. The van der Waals surface area contributed by atoms with E-state index < -0.39 is 10.0 Å². The van der Waals surface area contributed by atoms with Crippen molar-refractivity contribution in [3.63, 3.8) is 0 Å². The molecule has 1 aromatic rings. The van der Waals surface area contributed by atoms with Crippen LogP contribution in [0.1, 0.15) is 44.3 Å². The van der Waals surface area contributed by atoms with Gasteiger partial charge in [0.2, 0.25) is 10.0 Å². The molecule has 2 saturated carbocycles. The van der Waals surface area contributed by atoms with E-state index in [9.17, 15) is 8.42 Å². The van der Waals surface area contributed by atoms with Crippen LogP contribution in [0.5, 0.6) is 0 Å². The van der Waals surface area contributed by atoms with Gasteiger partial charge in [0, 0.05) is 37.6 Å². The molecular weight excluding hydrogens is 274 g/mol. The lowest BCUT2D eigenvalue weighted by molar-refractivity contribution is 0.464. The molecule has 0 spiro atoms. The van der Waals surface area contributed by atoms with E-state index >= 15 is 0 Å². The molecule has 112 valence electrons. The fourth-order valence-electron chi connectivity index (χ4n) is 2.53. The van der Waals surface area contributed by atoms with Crippen molar-refractivity contribution in [3.8, 4) is 0 Å². The summed E-state index contributed by atoms with van der Waals surface area (Å²) in [6, 6.07) is 2.55. The van der Waals surface area contributed by atoms with Crippen molar-refractivity contribution in [2.75, 3.05) is 13.6 Å². The molecule has 2 fully saturated rings. The third kappa shape index (κ3) is 2.64. The van der Waals surface area contributed by atoms with Gasteiger partial charge in [-0.15, -0.1) is 0 Å². The van der Waals surface area contributed by atoms with Gasteiger partial charge in [-0.1, -0.05) is 6.92 Å². The summed E-state index contributed by atoms with van der Waals surface area (Å²) in [6.45, 7) is 3.68. The Balaban J connectivity index is 1.89. The van der Waals surface area contributed by atoms with Crippen molar-refractivity contribution < 1.29 is 8.42 Å². The summed E-state index contributed by atoms with van der Waals surface area (Å²) in [6.07, 6.45) is 6.13.